The zero-order valence-electron chi connectivity index (χ0n) is 8.88. The van der Waals surface area contributed by atoms with Gasteiger partial charge in [-0.1, -0.05) is 0 Å². The molecule has 4 unspecified atom stereocenters. The van der Waals surface area contributed by atoms with Crippen LogP contribution in [0.3, 0.4) is 0 Å². The topological polar surface area (TPSA) is 127 Å². The lowest BCUT2D eigenvalue weighted by Crippen LogP contribution is -2.45. The highest BCUT2D eigenvalue weighted by Gasteiger charge is 2.25. The van der Waals surface area contributed by atoms with E-state index in [-0.39, 0.29) is 0 Å². The van der Waals surface area contributed by atoms with Crippen molar-refractivity contribution in [1.29, 1.82) is 0 Å². The van der Waals surface area contributed by atoms with E-state index < -0.39 is 42.3 Å². The number of nitrogens with two attached hydrogens (primary N) is 2. The second kappa shape index (κ2) is 5.92. The molecular formula is C9H18N2O4. The summed E-state index contributed by atoms with van der Waals surface area (Å²) in [5.41, 5.74) is 10.7. The summed E-state index contributed by atoms with van der Waals surface area (Å²) in [4.78, 5) is 22.6. The van der Waals surface area contributed by atoms with Gasteiger partial charge in [0.25, 0.3) is 0 Å². The number of carbonyl (C=O) groups is 2. The Morgan fingerprint density at radius 3 is 1.47 bits per heavy atom. The summed E-state index contributed by atoms with van der Waals surface area (Å²) in [7, 11) is 0. The highest BCUT2D eigenvalue weighted by molar-refractivity contribution is 6.03. The molecule has 0 heterocycles. The van der Waals surface area contributed by atoms with Crippen molar-refractivity contribution in [3.63, 3.8) is 0 Å². The minimum Gasteiger partial charge on any atom is -0.391 e. The van der Waals surface area contributed by atoms with Gasteiger partial charge in [0.05, 0.1) is 30.7 Å². The van der Waals surface area contributed by atoms with E-state index in [1.165, 1.54) is 13.8 Å². The van der Waals surface area contributed by atoms with Crippen LogP contribution in [-0.2, 0) is 9.59 Å². The Labute approximate surface area is 88.3 Å². The van der Waals surface area contributed by atoms with Crippen LogP contribution in [0.25, 0.3) is 0 Å². The monoisotopic (exact) mass is 218 g/mol. The van der Waals surface area contributed by atoms with Crippen molar-refractivity contribution >= 4 is 11.6 Å². The molecule has 0 fully saturated rings. The second-order valence-electron chi connectivity index (χ2n) is 3.64. The van der Waals surface area contributed by atoms with Gasteiger partial charge in [0.2, 0.25) is 0 Å². The van der Waals surface area contributed by atoms with Crippen molar-refractivity contribution in [2.75, 3.05) is 0 Å². The Hall–Kier alpha value is -0.820. The quantitative estimate of drug-likeness (QED) is 0.379. The highest BCUT2D eigenvalue weighted by Crippen LogP contribution is 2.00. The fourth-order valence-corrected chi connectivity index (χ4v) is 0.945. The van der Waals surface area contributed by atoms with Crippen LogP contribution >= 0.6 is 0 Å². The normalized spacial score (nSPS) is 19.1. The molecule has 0 aromatic heterocycles. The van der Waals surface area contributed by atoms with Gasteiger partial charge in [0.15, 0.2) is 11.6 Å². The van der Waals surface area contributed by atoms with Crippen LogP contribution in [-0.4, -0.2) is 46.1 Å². The minimum absolute atomic E-state index is 0.460. The molecule has 0 saturated carbocycles. The van der Waals surface area contributed by atoms with Crippen LogP contribution in [0.4, 0.5) is 0 Å². The summed E-state index contributed by atoms with van der Waals surface area (Å²) < 4.78 is 0. The van der Waals surface area contributed by atoms with Gasteiger partial charge in [0.1, 0.15) is 0 Å². The standard InChI is InChI=1S/C9H18N2O4/c1-4(12)8(10)6(14)3-7(15)9(11)5(2)13/h4-5,8-9,12-13H,3,10-11H2,1-2H3. The van der Waals surface area contributed by atoms with Crippen LogP contribution in [0.5, 0.6) is 0 Å². The number of hydrogen-bond donors (Lipinski definition) is 4. The van der Waals surface area contributed by atoms with Crippen molar-refractivity contribution in [3.05, 3.63) is 0 Å². The van der Waals surface area contributed by atoms with Gasteiger partial charge in [-0.15, -0.1) is 0 Å². The fraction of sp³-hybridized carbons (Fsp3) is 0.778. The summed E-state index contributed by atoms with van der Waals surface area (Å²) in [5, 5.41) is 18.0. The molecule has 0 saturated heterocycles. The van der Waals surface area contributed by atoms with E-state index in [0.717, 1.165) is 0 Å². The number of carbonyl (C=O) groups excluding carboxylic acids is 2. The molecule has 0 aliphatic heterocycles. The number of ketones is 2. The molecule has 0 bridgehead atoms. The van der Waals surface area contributed by atoms with E-state index in [2.05, 4.69) is 0 Å². The molecule has 6 N–H and O–H groups in total. The Balaban J connectivity index is 4.25. The van der Waals surface area contributed by atoms with E-state index >= 15 is 0 Å². The Kier molecular flexibility index (Phi) is 5.59. The highest BCUT2D eigenvalue weighted by atomic mass is 16.3. The number of rotatable bonds is 6. The van der Waals surface area contributed by atoms with Crippen molar-refractivity contribution in [1.82, 2.24) is 0 Å². The SMILES string of the molecule is CC(O)C(N)C(=O)CC(=O)C(N)C(C)O. The largest absolute Gasteiger partial charge is 0.391 e. The van der Waals surface area contributed by atoms with Gasteiger partial charge in [-0.25, -0.2) is 0 Å². The molecule has 0 rings (SSSR count). The molecule has 6 nitrogen and oxygen atoms in total. The molecule has 15 heavy (non-hydrogen) atoms. The summed E-state index contributed by atoms with van der Waals surface area (Å²) in [6.45, 7) is 2.73. The predicted molar refractivity (Wildman–Crippen MR) is 53.9 cm³/mol. The van der Waals surface area contributed by atoms with Crippen LogP contribution < -0.4 is 11.5 Å². The van der Waals surface area contributed by atoms with Gasteiger partial charge >= 0.3 is 0 Å². The van der Waals surface area contributed by atoms with Crippen LogP contribution in [0.2, 0.25) is 0 Å². The zero-order valence-corrected chi connectivity index (χ0v) is 8.88. The number of hydrogen-bond acceptors (Lipinski definition) is 6. The van der Waals surface area contributed by atoms with E-state index in [9.17, 15) is 9.59 Å². The Morgan fingerprint density at radius 2 is 1.27 bits per heavy atom. The van der Waals surface area contributed by atoms with Crippen LogP contribution in [0, 0.1) is 0 Å². The van der Waals surface area contributed by atoms with Gasteiger partial charge in [0, 0.05) is 0 Å². The van der Waals surface area contributed by atoms with Gasteiger partial charge in [-0.3, -0.25) is 9.59 Å². The molecule has 88 valence electrons. The number of Topliss-reactive ketones (excluding diaryl/α,β-unsaturated/α-hetero) is 2. The average Bonchev–Trinajstić information content (AvgIpc) is 2.14. The third kappa shape index (κ3) is 4.48. The van der Waals surface area contributed by atoms with Gasteiger partial charge < -0.3 is 21.7 Å². The van der Waals surface area contributed by atoms with E-state index in [1.807, 2.05) is 0 Å². The molecular weight excluding hydrogens is 200 g/mol. The molecule has 0 aromatic rings. The van der Waals surface area contributed by atoms with E-state index in [4.69, 9.17) is 21.7 Å². The Morgan fingerprint density at radius 1 is 1.00 bits per heavy atom. The molecule has 6 heteroatoms. The first-order valence-corrected chi connectivity index (χ1v) is 4.70. The maximum atomic E-state index is 11.3. The summed E-state index contributed by atoms with van der Waals surface area (Å²) in [5.74, 6) is -1.16. The lowest BCUT2D eigenvalue weighted by Gasteiger charge is -2.16. The van der Waals surface area contributed by atoms with Crippen LogP contribution in [0.1, 0.15) is 20.3 Å². The lowest BCUT2D eigenvalue weighted by atomic mass is 9.99. The molecule has 0 aliphatic rings. The molecule has 0 aromatic carbocycles. The van der Waals surface area contributed by atoms with E-state index in [0.29, 0.717) is 0 Å². The van der Waals surface area contributed by atoms with Crippen LogP contribution in [0.15, 0.2) is 0 Å². The lowest BCUT2D eigenvalue weighted by molar-refractivity contribution is -0.130. The van der Waals surface area contributed by atoms with Crippen molar-refractivity contribution in [2.24, 2.45) is 11.5 Å². The first-order valence-electron chi connectivity index (χ1n) is 4.70. The first-order chi connectivity index (χ1) is 6.77. The van der Waals surface area contributed by atoms with Gasteiger partial charge in [-0.2, -0.15) is 0 Å². The molecule has 4 atom stereocenters. The minimum atomic E-state index is -1.09. The van der Waals surface area contributed by atoms with Gasteiger partial charge in [-0.05, 0) is 13.8 Å². The first kappa shape index (κ1) is 14.2. The maximum Gasteiger partial charge on any atom is 0.159 e. The number of aliphatic hydroxyl groups excluding tert-OH is 2. The third-order valence-electron chi connectivity index (χ3n) is 2.13. The molecule has 0 aliphatic carbocycles. The Bertz CT molecular complexity index is 216. The molecule has 0 amide bonds. The van der Waals surface area contributed by atoms with Crippen molar-refractivity contribution < 1.29 is 19.8 Å². The summed E-state index contributed by atoms with van der Waals surface area (Å²) >= 11 is 0. The third-order valence-corrected chi connectivity index (χ3v) is 2.13. The predicted octanol–water partition coefficient (Wildman–Crippen LogP) is -2.07. The molecule has 0 spiro atoms. The van der Waals surface area contributed by atoms with Crippen molar-refractivity contribution in [2.45, 2.75) is 44.6 Å². The summed E-state index contributed by atoms with van der Waals surface area (Å²) in [6, 6.07) is -2.18. The number of aliphatic hydroxyl groups is 2. The second-order valence-corrected chi connectivity index (χ2v) is 3.64. The maximum absolute atomic E-state index is 11.3. The fourth-order valence-electron chi connectivity index (χ4n) is 0.945. The average molecular weight is 218 g/mol. The summed E-state index contributed by atoms with van der Waals surface area (Å²) in [6.07, 6.45) is -2.47. The molecule has 0 radical (unpaired) electrons. The smallest absolute Gasteiger partial charge is 0.159 e. The van der Waals surface area contributed by atoms with Crippen molar-refractivity contribution in [3.8, 4) is 0 Å². The van der Waals surface area contributed by atoms with E-state index in [1.54, 1.807) is 0 Å². The zero-order chi connectivity index (χ0) is 12.2.